The second kappa shape index (κ2) is 1.87. The molecule has 3 nitrogen and oxygen atoms in total. The molecule has 0 saturated carbocycles. The van der Waals surface area contributed by atoms with E-state index in [-0.39, 0.29) is 0 Å². The summed E-state index contributed by atoms with van der Waals surface area (Å²) in [6.07, 6.45) is 2.38. The fourth-order valence-corrected chi connectivity index (χ4v) is 1.24. The number of anilines is 1. The molecule has 0 saturated heterocycles. The Balaban J connectivity index is 2.59. The maximum atomic E-state index is 11.0. The van der Waals surface area contributed by atoms with E-state index >= 15 is 0 Å². The molecule has 1 aliphatic heterocycles. The standard InChI is InChI=1S/C7H8N2O/c10-9-5-1-2-6-7(9)3-4-8-6/h1-2,5,8H,3-4H2. The van der Waals surface area contributed by atoms with Crippen LogP contribution in [0.1, 0.15) is 5.69 Å². The van der Waals surface area contributed by atoms with Crippen LogP contribution >= 0.6 is 0 Å². The maximum absolute atomic E-state index is 11.0. The van der Waals surface area contributed by atoms with E-state index in [0.717, 1.165) is 29.1 Å². The Labute approximate surface area is 58.9 Å². The first-order valence-electron chi connectivity index (χ1n) is 3.33. The molecule has 52 valence electrons. The van der Waals surface area contributed by atoms with Crippen LogP contribution in [0.2, 0.25) is 0 Å². The molecule has 0 aliphatic carbocycles. The van der Waals surface area contributed by atoms with Crippen LogP contribution in [0.25, 0.3) is 0 Å². The Morgan fingerprint density at radius 1 is 1.60 bits per heavy atom. The molecule has 3 heteroatoms. The van der Waals surface area contributed by atoms with Crippen molar-refractivity contribution in [3.63, 3.8) is 0 Å². The van der Waals surface area contributed by atoms with Crippen molar-refractivity contribution in [2.45, 2.75) is 6.42 Å². The van der Waals surface area contributed by atoms with E-state index in [9.17, 15) is 5.21 Å². The van der Waals surface area contributed by atoms with Gasteiger partial charge in [-0.1, -0.05) is 0 Å². The van der Waals surface area contributed by atoms with Gasteiger partial charge in [0.15, 0.2) is 6.20 Å². The minimum atomic E-state index is 0.847. The van der Waals surface area contributed by atoms with Gasteiger partial charge in [0.05, 0.1) is 6.42 Å². The first-order chi connectivity index (χ1) is 4.88. The van der Waals surface area contributed by atoms with Crippen molar-refractivity contribution in [2.24, 2.45) is 0 Å². The Kier molecular flexibility index (Phi) is 1.03. The Hall–Kier alpha value is -1.25. The van der Waals surface area contributed by atoms with E-state index in [2.05, 4.69) is 5.32 Å². The molecule has 2 rings (SSSR count). The SMILES string of the molecule is [O-][n+]1cccc2c1CCN2. The molecule has 0 amide bonds. The van der Waals surface area contributed by atoms with Crippen molar-refractivity contribution in [1.82, 2.24) is 0 Å². The van der Waals surface area contributed by atoms with Crippen molar-refractivity contribution >= 4 is 5.69 Å². The molecule has 0 radical (unpaired) electrons. The van der Waals surface area contributed by atoms with Crippen molar-refractivity contribution in [2.75, 3.05) is 11.9 Å². The number of aromatic nitrogens is 1. The molecule has 1 aromatic heterocycles. The number of fused-ring (bicyclic) bond motifs is 1. The molecular formula is C7H8N2O. The summed E-state index contributed by atoms with van der Waals surface area (Å²) in [7, 11) is 0. The molecule has 0 unspecified atom stereocenters. The zero-order valence-electron chi connectivity index (χ0n) is 5.50. The minimum Gasteiger partial charge on any atom is -0.618 e. The van der Waals surface area contributed by atoms with E-state index in [1.165, 1.54) is 6.20 Å². The molecule has 0 fully saturated rings. The average Bonchev–Trinajstić information content (AvgIpc) is 2.36. The first kappa shape index (κ1) is 5.53. The third-order valence-electron chi connectivity index (χ3n) is 1.74. The number of rotatable bonds is 0. The van der Waals surface area contributed by atoms with E-state index < -0.39 is 0 Å². The van der Waals surface area contributed by atoms with Crippen LogP contribution in [0, 0.1) is 5.21 Å². The van der Waals surface area contributed by atoms with Gasteiger partial charge in [0.25, 0.3) is 0 Å². The number of hydrogen-bond acceptors (Lipinski definition) is 2. The van der Waals surface area contributed by atoms with Crippen LogP contribution < -0.4 is 10.0 Å². The lowest BCUT2D eigenvalue weighted by Crippen LogP contribution is -2.29. The van der Waals surface area contributed by atoms with Crippen molar-refractivity contribution in [3.05, 3.63) is 29.2 Å². The molecule has 1 N–H and O–H groups in total. The molecular weight excluding hydrogens is 128 g/mol. The zero-order valence-corrected chi connectivity index (χ0v) is 5.50. The van der Waals surface area contributed by atoms with Gasteiger partial charge in [0, 0.05) is 12.6 Å². The highest BCUT2D eigenvalue weighted by atomic mass is 16.5. The summed E-state index contributed by atoms with van der Waals surface area (Å²) in [5.74, 6) is 0. The van der Waals surface area contributed by atoms with Gasteiger partial charge in [0.1, 0.15) is 5.69 Å². The maximum Gasteiger partial charge on any atom is 0.217 e. The lowest BCUT2D eigenvalue weighted by atomic mass is 10.3. The Morgan fingerprint density at radius 3 is 3.30 bits per heavy atom. The summed E-state index contributed by atoms with van der Waals surface area (Å²) in [5.41, 5.74) is 1.85. The predicted octanol–water partition coefficient (Wildman–Crippen LogP) is 0.288. The lowest BCUT2D eigenvalue weighted by molar-refractivity contribution is -0.612. The quantitative estimate of drug-likeness (QED) is 0.411. The van der Waals surface area contributed by atoms with Gasteiger partial charge in [-0.25, -0.2) is 0 Å². The van der Waals surface area contributed by atoms with E-state index in [4.69, 9.17) is 0 Å². The van der Waals surface area contributed by atoms with Gasteiger partial charge in [-0.15, -0.1) is 0 Å². The Bertz CT molecular complexity index is 260. The van der Waals surface area contributed by atoms with Crippen molar-refractivity contribution < 1.29 is 4.73 Å². The summed E-state index contributed by atoms with van der Waals surface area (Å²) in [5, 5.41) is 14.1. The van der Waals surface area contributed by atoms with Gasteiger partial charge < -0.3 is 10.5 Å². The fraction of sp³-hybridized carbons (Fsp3) is 0.286. The molecule has 0 atom stereocenters. The predicted molar refractivity (Wildman–Crippen MR) is 37.6 cm³/mol. The minimum absolute atomic E-state index is 0.847. The normalized spacial score (nSPS) is 14.4. The molecule has 1 aliphatic rings. The highest BCUT2D eigenvalue weighted by molar-refractivity contribution is 5.49. The largest absolute Gasteiger partial charge is 0.618 e. The van der Waals surface area contributed by atoms with Gasteiger partial charge in [0.2, 0.25) is 5.69 Å². The lowest BCUT2D eigenvalue weighted by Gasteiger charge is -1.99. The van der Waals surface area contributed by atoms with Crippen LogP contribution in [0.4, 0.5) is 5.69 Å². The van der Waals surface area contributed by atoms with Gasteiger partial charge >= 0.3 is 0 Å². The highest BCUT2D eigenvalue weighted by Crippen LogP contribution is 2.16. The summed E-state index contributed by atoms with van der Waals surface area (Å²) >= 11 is 0. The topological polar surface area (TPSA) is 39.0 Å². The summed E-state index contributed by atoms with van der Waals surface area (Å²) < 4.78 is 0.926. The van der Waals surface area contributed by atoms with Gasteiger partial charge in [-0.3, -0.25) is 0 Å². The summed E-state index contributed by atoms with van der Waals surface area (Å²) in [6.45, 7) is 0.890. The van der Waals surface area contributed by atoms with Gasteiger partial charge in [-0.05, 0) is 6.07 Å². The van der Waals surface area contributed by atoms with Crippen LogP contribution in [-0.2, 0) is 6.42 Å². The molecule has 1 aromatic rings. The monoisotopic (exact) mass is 136 g/mol. The molecule has 0 aromatic carbocycles. The van der Waals surface area contributed by atoms with Crippen LogP contribution in [0.5, 0.6) is 0 Å². The number of hydrogen-bond donors (Lipinski definition) is 1. The van der Waals surface area contributed by atoms with E-state index in [0.29, 0.717) is 0 Å². The zero-order chi connectivity index (χ0) is 6.97. The fourth-order valence-electron chi connectivity index (χ4n) is 1.24. The Morgan fingerprint density at radius 2 is 2.50 bits per heavy atom. The summed E-state index contributed by atoms with van der Waals surface area (Å²) in [4.78, 5) is 0. The van der Waals surface area contributed by atoms with Gasteiger partial charge in [-0.2, -0.15) is 4.73 Å². The van der Waals surface area contributed by atoms with Crippen LogP contribution in [0.3, 0.4) is 0 Å². The average molecular weight is 136 g/mol. The number of nitrogens with zero attached hydrogens (tertiary/aromatic N) is 1. The number of pyridine rings is 1. The summed E-state index contributed by atoms with van der Waals surface area (Å²) in [6, 6.07) is 3.68. The second-order valence-electron chi connectivity index (χ2n) is 2.37. The second-order valence-corrected chi connectivity index (χ2v) is 2.37. The third kappa shape index (κ3) is 0.635. The van der Waals surface area contributed by atoms with Crippen molar-refractivity contribution in [3.8, 4) is 0 Å². The molecule has 10 heavy (non-hydrogen) atoms. The van der Waals surface area contributed by atoms with Crippen LogP contribution in [0.15, 0.2) is 18.3 Å². The van der Waals surface area contributed by atoms with E-state index in [1.54, 1.807) is 6.07 Å². The first-order valence-corrected chi connectivity index (χ1v) is 3.33. The smallest absolute Gasteiger partial charge is 0.217 e. The van der Waals surface area contributed by atoms with Crippen molar-refractivity contribution in [1.29, 1.82) is 0 Å². The van der Waals surface area contributed by atoms with E-state index in [1.807, 2.05) is 6.07 Å². The van der Waals surface area contributed by atoms with Crippen LogP contribution in [-0.4, -0.2) is 6.54 Å². The highest BCUT2D eigenvalue weighted by Gasteiger charge is 2.16. The molecule has 0 spiro atoms. The molecule has 2 heterocycles. The molecule has 0 bridgehead atoms. The third-order valence-corrected chi connectivity index (χ3v) is 1.74. The number of nitrogens with one attached hydrogen (secondary N) is 1.